The molecule has 60 valence electrons. The minimum absolute atomic E-state index is 0.436. The molecule has 0 aliphatic rings. The summed E-state index contributed by atoms with van der Waals surface area (Å²) in [5, 5.41) is 0.800. The summed E-state index contributed by atoms with van der Waals surface area (Å²) in [5.74, 6) is 0.436. The zero-order valence-corrected chi connectivity index (χ0v) is 7.52. The topological polar surface area (TPSA) is 26.0 Å². The van der Waals surface area contributed by atoms with E-state index in [-0.39, 0.29) is 0 Å². The number of nitrogens with two attached hydrogens (primary N) is 1. The van der Waals surface area contributed by atoms with Gasteiger partial charge in [-0.3, -0.25) is 0 Å². The van der Waals surface area contributed by atoms with E-state index in [1.165, 1.54) is 0 Å². The van der Waals surface area contributed by atoms with E-state index in [1.54, 1.807) is 0 Å². The molecule has 1 nitrogen and oxygen atoms in total. The van der Waals surface area contributed by atoms with Gasteiger partial charge in [0, 0.05) is 10.7 Å². The third-order valence-electron chi connectivity index (χ3n) is 1.64. The molecule has 2 N–H and O–H groups in total. The average molecular weight is 170 g/mol. The maximum atomic E-state index is 5.94. The van der Waals surface area contributed by atoms with Crippen molar-refractivity contribution in [3.05, 3.63) is 28.8 Å². The fraction of sp³-hybridized carbons (Fsp3) is 0.333. The minimum atomic E-state index is 0.436. The second kappa shape index (κ2) is 3.14. The predicted molar refractivity (Wildman–Crippen MR) is 50.0 cm³/mol. The largest absolute Gasteiger partial charge is 0.399 e. The van der Waals surface area contributed by atoms with Crippen LogP contribution in [0.15, 0.2) is 18.2 Å². The third kappa shape index (κ3) is 1.87. The molecule has 0 fully saturated rings. The van der Waals surface area contributed by atoms with Gasteiger partial charge in [-0.25, -0.2) is 0 Å². The van der Waals surface area contributed by atoms with Crippen molar-refractivity contribution < 1.29 is 0 Å². The van der Waals surface area contributed by atoms with Crippen LogP contribution in [0.4, 0.5) is 5.69 Å². The summed E-state index contributed by atoms with van der Waals surface area (Å²) in [7, 11) is 0. The highest BCUT2D eigenvalue weighted by molar-refractivity contribution is 6.31. The van der Waals surface area contributed by atoms with Crippen LogP contribution >= 0.6 is 11.6 Å². The summed E-state index contributed by atoms with van der Waals surface area (Å²) < 4.78 is 0. The Morgan fingerprint density at radius 1 is 1.36 bits per heavy atom. The van der Waals surface area contributed by atoms with Crippen molar-refractivity contribution >= 4 is 17.3 Å². The maximum absolute atomic E-state index is 5.94. The zero-order chi connectivity index (χ0) is 8.43. The molecule has 0 bridgehead atoms. The molecule has 0 aliphatic carbocycles. The molecule has 0 heterocycles. The fourth-order valence-corrected chi connectivity index (χ4v) is 1.34. The second-order valence-corrected chi connectivity index (χ2v) is 3.34. The predicted octanol–water partition coefficient (Wildman–Crippen LogP) is 3.05. The van der Waals surface area contributed by atoms with Crippen molar-refractivity contribution in [2.45, 2.75) is 19.8 Å². The van der Waals surface area contributed by atoms with E-state index in [2.05, 4.69) is 13.8 Å². The van der Waals surface area contributed by atoms with Gasteiger partial charge in [0.15, 0.2) is 0 Å². The summed E-state index contributed by atoms with van der Waals surface area (Å²) >= 11 is 5.94. The Labute approximate surface area is 72.2 Å². The molecule has 0 atom stereocenters. The van der Waals surface area contributed by atoms with Gasteiger partial charge < -0.3 is 5.73 Å². The van der Waals surface area contributed by atoms with Crippen LogP contribution < -0.4 is 5.73 Å². The van der Waals surface area contributed by atoms with E-state index in [0.29, 0.717) is 5.92 Å². The van der Waals surface area contributed by atoms with Gasteiger partial charge in [-0.1, -0.05) is 25.4 Å². The van der Waals surface area contributed by atoms with E-state index < -0.39 is 0 Å². The number of nitrogen functional groups attached to an aromatic ring is 1. The normalized spacial score (nSPS) is 10.5. The van der Waals surface area contributed by atoms with E-state index in [4.69, 9.17) is 17.3 Å². The molecule has 0 aromatic heterocycles. The van der Waals surface area contributed by atoms with Gasteiger partial charge >= 0.3 is 0 Å². The molecule has 11 heavy (non-hydrogen) atoms. The summed E-state index contributed by atoms with van der Waals surface area (Å²) in [6, 6.07) is 5.58. The summed E-state index contributed by atoms with van der Waals surface area (Å²) in [6.07, 6.45) is 0. The Hall–Kier alpha value is -0.690. The highest BCUT2D eigenvalue weighted by Gasteiger charge is 2.03. The molecule has 0 radical (unpaired) electrons. The summed E-state index contributed by atoms with van der Waals surface area (Å²) in [4.78, 5) is 0. The van der Waals surface area contributed by atoms with Gasteiger partial charge in [0.2, 0.25) is 0 Å². The quantitative estimate of drug-likeness (QED) is 0.643. The number of anilines is 1. The van der Waals surface area contributed by atoms with Crippen LogP contribution in [-0.4, -0.2) is 0 Å². The molecule has 2 heteroatoms. The highest BCUT2D eigenvalue weighted by atomic mass is 35.5. The van der Waals surface area contributed by atoms with Crippen LogP contribution in [0, 0.1) is 0 Å². The van der Waals surface area contributed by atoms with E-state index in [1.807, 2.05) is 18.2 Å². The van der Waals surface area contributed by atoms with Crippen molar-refractivity contribution in [3.63, 3.8) is 0 Å². The first-order valence-corrected chi connectivity index (χ1v) is 4.04. The molecule has 1 rings (SSSR count). The fourth-order valence-electron chi connectivity index (χ4n) is 1.00. The van der Waals surface area contributed by atoms with Gasteiger partial charge in [0.05, 0.1) is 0 Å². The Kier molecular flexibility index (Phi) is 2.40. The number of rotatable bonds is 1. The van der Waals surface area contributed by atoms with Gasteiger partial charge in [-0.15, -0.1) is 0 Å². The van der Waals surface area contributed by atoms with Crippen molar-refractivity contribution in [1.29, 1.82) is 0 Å². The average Bonchev–Trinajstić information content (AvgIpc) is 1.94. The van der Waals surface area contributed by atoms with Crippen molar-refractivity contribution in [2.24, 2.45) is 0 Å². The summed E-state index contributed by atoms with van der Waals surface area (Å²) in [6.45, 7) is 4.20. The lowest BCUT2D eigenvalue weighted by Gasteiger charge is -2.07. The maximum Gasteiger partial charge on any atom is 0.0442 e. The molecule has 0 saturated heterocycles. The van der Waals surface area contributed by atoms with Crippen LogP contribution in [0.25, 0.3) is 0 Å². The van der Waals surface area contributed by atoms with Crippen molar-refractivity contribution in [2.75, 3.05) is 5.73 Å². The molecular formula is C9H12ClN. The van der Waals surface area contributed by atoms with Crippen molar-refractivity contribution in [1.82, 2.24) is 0 Å². The monoisotopic (exact) mass is 169 g/mol. The number of benzene rings is 1. The van der Waals surface area contributed by atoms with Crippen molar-refractivity contribution in [3.8, 4) is 0 Å². The van der Waals surface area contributed by atoms with E-state index in [9.17, 15) is 0 Å². The van der Waals surface area contributed by atoms with Crippen LogP contribution in [0.2, 0.25) is 5.02 Å². The summed E-state index contributed by atoms with van der Waals surface area (Å²) in [5.41, 5.74) is 7.50. The first kappa shape index (κ1) is 8.41. The Morgan fingerprint density at radius 3 is 2.45 bits per heavy atom. The first-order valence-electron chi connectivity index (χ1n) is 3.66. The first-order chi connectivity index (χ1) is 5.11. The van der Waals surface area contributed by atoms with Crippen LogP contribution in [-0.2, 0) is 0 Å². The SMILES string of the molecule is CC(C)c1cc(N)ccc1Cl. The van der Waals surface area contributed by atoms with Crippen LogP contribution in [0.5, 0.6) is 0 Å². The third-order valence-corrected chi connectivity index (χ3v) is 1.99. The van der Waals surface area contributed by atoms with Gasteiger partial charge in [0.1, 0.15) is 0 Å². The van der Waals surface area contributed by atoms with Gasteiger partial charge in [-0.05, 0) is 29.7 Å². The second-order valence-electron chi connectivity index (χ2n) is 2.94. The lowest BCUT2D eigenvalue weighted by Crippen LogP contribution is -1.91. The molecule has 0 amide bonds. The van der Waals surface area contributed by atoms with Crippen LogP contribution in [0.1, 0.15) is 25.3 Å². The van der Waals surface area contributed by atoms with E-state index in [0.717, 1.165) is 16.3 Å². The van der Waals surface area contributed by atoms with E-state index >= 15 is 0 Å². The Bertz CT molecular complexity index is 256. The molecule has 0 aliphatic heterocycles. The zero-order valence-electron chi connectivity index (χ0n) is 6.76. The molecule has 0 unspecified atom stereocenters. The number of halogens is 1. The van der Waals surface area contributed by atoms with Crippen LogP contribution in [0.3, 0.4) is 0 Å². The Morgan fingerprint density at radius 2 is 2.00 bits per heavy atom. The molecular weight excluding hydrogens is 158 g/mol. The van der Waals surface area contributed by atoms with Gasteiger partial charge in [0.25, 0.3) is 0 Å². The minimum Gasteiger partial charge on any atom is -0.399 e. The lowest BCUT2D eigenvalue weighted by atomic mass is 10.0. The number of hydrogen-bond acceptors (Lipinski definition) is 1. The molecule has 1 aromatic rings. The standard InChI is InChI=1S/C9H12ClN/c1-6(2)8-5-7(11)3-4-9(8)10/h3-6H,11H2,1-2H3. The van der Waals surface area contributed by atoms with Gasteiger partial charge in [-0.2, -0.15) is 0 Å². The molecule has 0 saturated carbocycles. The molecule has 1 aromatic carbocycles. The number of hydrogen-bond donors (Lipinski definition) is 1. The lowest BCUT2D eigenvalue weighted by molar-refractivity contribution is 0.867. The highest BCUT2D eigenvalue weighted by Crippen LogP contribution is 2.25. The molecule has 0 spiro atoms. The Balaban J connectivity index is 3.13. The smallest absolute Gasteiger partial charge is 0.0442 e.